The van der Waals surface area contributed by atoms with Crippen molar-refractivity contribution in [3.63, 3.8) is 0 Å². The van der Waals surface area contributed by atoms with Gasteiger partial charge in [-0.25, -0.2) is 9.97 Å². The van der Waals surface area contributed by atoms with Gasteiger partial charge in [0.05, 0.1) is 25.9 Å². The summed E-state index contributed by atoms with van der Waals surface area (Å²) >= 11 is 1.66. The van der Waals surface area contributed by atoms with Crippen LogP contribution in [0.4, 0.5) is 5.69 Å². The number of aliphatic hydroxyl groups excluding tert-OH is 1. The van der Waals surface area contributed by atoms with Crippen LogP contribution in [0.25, 0.3) is 10.9 Å². The lowest BCUT2D eigenvalue weighted by atomic mass is 9.43. The van der Waals surface area contributed by atoms with Crippen molar-refractivity contribution in [1.82, 2.24) is 19.9 Å². The molecule has 0 saturated heterocycles. The first-order chi connectivity index (χ1) is 36.0. The highest BCUT2D eigenvalue weighted by atomic mass is 32.2. The second-order valence-corrected chi connectivity index (χ2v) is 35.2. The maximum atomic E-state index is 15.6. The molecule has 2 aromatic heterocycles. The SMILES string of the molecule is CCc1cnc(SC[Si](C)(C)O[Si](C)(C)CCCCC(=O)[C@@]2(O)[C@H](O)[C@]3(CC)C=CCC4CC[C@@]5(c6cc([C@@]7(C(=O)OC)C[C@@H](C)C[C@@](O)(CC)CN(C)CCc8c7[nH]c7ccccc87)c(OC)cc6N(C)[C@@H]25)[C@@H]43)nc1. The number of benzene rings is 2. The Morgan fingerprint density at radius 1 is 0.961 bits per heavy atom. The number of hydrogen-bond acceptors (Lipinski definition) is 13. The van der Waals surface area contributed by atoms with Crippen LogP contribution in [0.15, 0.2) is 66.1 Å². The minimum Gasteiger partial charge on any atom is -0.496 e. The van der Waals surface area contributed by atoms with Gasteiger partial charge in [-0.2, -0.15) is 0 Å². The minimum atomic E-state index is -2.17. The van der Waals surface area contributed by atoms with E-state index in [2.05, 4.69) is 109 Å². The summed E-state index contributed by atoms with van der Waals surface area (Å²) in [5, 5.41) is 41.9. The molecule has 4 heterocycles. The van der Waals surface area contributed by atoms with Crippen LogP contribution in [0.3, 0.4) is 0 Å². The first-order valence-electron chi connectivity index (χ1n) is 28.3. The zero-order valence-electron chi connectivity index (χ0n) is 47.6. The van der Waals surface area contributed by atoms with Crippen molar-refractivity contribution < 1.29 is 38.5 Å². The van der Waals surface area contributed by atoms with Crippen LogP contribution in [0.2, 0.25) is 32.2 Å². The number of esters is 1. The Labute approximate surface area is 458 Å². The van der Waals surface area contributed by atoms with E-state index in [-0.39, 0.29) is 30.0 Å². The number of ether oxygens (including phenoxy) is 2. The number of likely N-dealkylation sites (N-methyl/N-ethyl adjacent to an activating group) is 2. The van der Waals surface area contributed by atoms with Gasteiger partial charge in [-0.05, 0) is 150 Å². The fourth-order valence-electron chi connectivity index (χ4n) is 16.0. The summed E-state index contributed by atoms with van der Waals surface area (Å²) in [6.07, 6.45) is 14.0. The number of anilines is 1. The molecule has 2 saturated carbocycles. The van der Waals surface area contributed by atoms with Gasteiger partial charge < -0.3 is 43.7 Å². The number of nitrogens with one attached hydrogen (secondary N) is 1. The fourth-order valence-corrected chi connectivity index (χ4v) is 26.4. The van der Waals surface area contributed by atoms with Crippen molar-refractivity contribution in [2.75, 3.05) is 51.7 Å². The number of fused-ring (bicyclic) bond motifs is 4. The van der Waals surface area contributed by atoms with E-state index in [0.29, 0.717) is 69.3 Å². The second kappa shape index (κ2) is 21.3. The van der Waals surface area contributed by atoms with Gasteiger partial charge >= 0.3 is 5.97 Å². The lowest BCUT2D eigenvalue weighted by Gasteiger charge is -2.63. The maximum absolute atomic E-state index is 15.6. The fraction of sp³-hybridized carbons (Fsp3) is 0.633. The van der Waals surface area contributed by atoms with Crippen LogP contribution in [-0.2, 0) is 42.1 Å². The van der Waals surface area contributed by atoms with Crippen molar-refractivity contribution in [2.45, 2.75) is 176 Å². The van der Waals surface area contributed by atoms with Gasteiger partial charge in [-0.15, -0.1) is 0 Å². The number of unbranched alkanes of at least 4 members (excludes halogenated alkanes) is 1. The molecule has 4 aromatic rings. The number of nitrogens with zero attached hydrogens (tertiary/aromatic N) is 4. The molecule has 1 spiro atoms. The van der Waals surface area contributed by atoms with Crippen LogP contribution < -0.4 is 9.64 Å². The number of aromatic amines is 1. The third-order valence-corrected chi connectivity index (χ3v) is 28.9. The number of ketones is 1. The van der Waals surface area contributed by atoms with Gasteiger partial charge in [0.2, 0.25) is 0 Å². The molecule has 10 atom stereocenters. The Morgan fingerprint density at radius 3 is 2.38 bits per heavy atom. The first kappa shape index (κ1) is 56.8. The van der Waals surface area contributed by atoms with E-state index in [4.69, 9.17) is 13.6 Å². The number of rotatable bonds is 17. The van der Waals surface area contributed by atoms with E-state index in [9.17, 15) is 15.3 Å². The molecule has 3 aliphatic carbocycles. The normalized spacial score (nSPS) is 31.6. The Balaban J connectivity index is 1.11. The largest absolute Gasteiger partial charge is 0.496 e. The average Bonchev–Trinajstić information content (AvgIpc) is 4.19. The Kier molecular flexibility index (Phi) is 15.9. The molecule has 2 fully saturated rings. The van der Waals surface area contributed by atoms with Gasteiger partial charge in [0.1, 0.15) is 17.3 Å². The summed E-state index contributed by atoms with van der Waals surface area (Å²) in [4.78, 5) is 48.3. The monoisotopic (exact) mass is 1090 g/mol. The molecule has 0 radical (unpaired) electrons. The molecule has 4 N–H and O–H groups in total. The van der Waals surface area contributed by atoms with Gasteiger partial charge in [-0.3, -0.25) is 9.59 Å². The summed E-state index contributed by atoms with van der Waals surface area (Å²) in [6.45, 7) is 18.6. The highest BCUT2D eigenvalue weighted by Gasteiger charge is 2.78. The topological polar surface area (TPSA) is 171 Å². The molecule has 76 heavy (non-hydrogen) atoms. The zero-order chi connectivity index (χ0) is 54.8. The van der Waals surface area contributed by atoms with E-state index < -0.39 is 62.2 Å². The quantitative estimate of drug-likeness (QED) is 0.0197. The summed E-state index contributed by atoms with van der Waals surface area (Å²) in [7, 11) is 2.86. The lowest BCUT2D eigenvalue weighted by molar-refractivity contribution is -0.207. The van der Waals surface area contributed by atoms with Crippen molar-refractivity contribution >= 4 is 56.7 Å². The molecule has 0 amide bonds. The predicted molar refractivity (Wildman–Crippen MR) is 308 cm³/mol. The second-order valence-electron chi connectivity index (χ2n) is 25.0. The Morgan fingerprint density at radius 2 is 1.70 bits per heavy atom. The van der Waals surface area contributed by atoms with Crippen LogP contribution >= 0.6 is 11.8 Å². The van der Waals surface area contributed by atoms with Crippen LogP contribution in [0.5, 0.6) is 5.75 Å². The molecule has 2 aliphatic heterocycles. The van der Waals surface area contributed by atoms with Crippen molar-refractivity contribution in [3.8, 4) is 5.75 Å². The maximum Gasteiger partial charge on any atom is 0.322 e. The molecule has 16 heteroatoms. The number of aryl methyl sites for hydroxylation is 1. The van der Waals surface area contributed by atoms with Gasteiger partial charge in [0.25, 0.3) is 0 Å². The molecule has 414 valence electrons. The van der Waals surface area contributed by atoms with E-state index in [1.807, 2.05) is 44.6 Å². The lowest BCUT2D eigenvalue weighted by Crippen LogP contribution is -2.78. The van der Waals surface area contributed by atoms with Crippen LogP contribution in [0, 0.1) is 23.2 Å². The van der Waals surface area contributed by atoms with Crippen LogP contribution in [-0.4, -0.2) is 134 Å². The van der Waals surface area contributed by atoms with Crippen molar-refractivity contribution in [2.24, 2.45) is 23.2 Å². The van der Waals surface area contributed by atoms with E-state index in [1.54, 1.807) is 18.9 Å². The highest BCUT2D eigenvalue weighted by molar-refractivity contribution is 8.00. The van der Waals surface area contributed by atoms with Crippen molar-refractivity contribution in [1.29, 1.82) is 0 Å². The number of carbonyl (C=O) groups is 2. The van der Waals surface area contributed by atoms with E-state index in [1.165, 1.54) is 7.11 Å². The summed E-state index contributed by atoms with van der Waals surface area (Å²) in [6, 6.07) is 12.5. The summed E-state index contributed by atoms with van der Waals surface area (Å²) in [5.41, 5.74) is 0.0282. The minimum absolute atomic E-state index is 0.107. The first-order valence-corrected chi connectivity index (χ1v) is 35.6. The molecular formula is C60H87N5O8SSi2. The highest BCUT2D eigenvalue weighted by Crippen LogP contribution is 2.73. The number of Topliss-reactive ketones (excluding diaryl/α,β-unsaturated/α-hetero) is 1. The number of methoxy groups -OCH3 is 2. The van der Waals surface area contributed by atoms with Crippen molar-refractivity contribution in [3.05, 3.63) is 88.9 Å². The molecule has 1 unspecified atom stereocenters. The van der Waals surface area contributed by atoms with Gasteiger partial charge in [0.15, 0.2) is 33.2 Å². The van der Waals surface area contributed by atoms with Crippen LogP contribution in [0.1, 0.15) is 120 Å². The van der Waals surface area contributed by atoms with Gasteiger partial charge in [-0.1, -0.05) is 76.2 Å². The molecule has 9 rings (SSSR count). The Bertz CT molecular complexity index is 2830. The number of thioether (sulfide) groups is 1. The van der Waals surface area contributed by atoms with Gasteiger partial charge in [0, 0.05) is 89.1 Å². The summed E-state index contributed by atoms with van der Waals surface area (Å²) in [5.74, 6) is -0.333. The standard InChI is InChI=1S/C60H87N5O8SSi2/c1-13-40-35-61-55(62-36-40)74-38-76(11,12)73-75(9,10)30-19-18-24-49(66)60(70)52-58(28-25-41-21-20-27-57(15-3,50(41)58)53(60)67)44-31-45(48(71-7)32-47(44)65(52)6)59(54(68)72-8)34-39(4)33-56(69,14-2)37-64(5)29-26-43-42-22-16-17-23-46(42)63-51(43)59/h16-17,20,22-23,27,31-32,35-36,39,41,50,52-53,63,67,69-70H,13-15,18-19,21,24-26,28-30,33-34,37-38H2,1-12H3/t39-,41?,50-,52+,53+,56-,57+,58+,59-,60-/m0/s1. The molecule has 5 aliphatic rings. The Hall–Kier alpha value is -3.88. The zero-order valence-corrected chi connectivity index (χ0v) is 50.4. The number of aromatic nitrogens is 3. The third kappa shape index (κ3) is 9.47. The summed E-state index contributed by atoms with van der Waals surface area (Å²) < 4.78 is 19.6. The third-order valence-electron chi connectivity index (χ3n) is 19.1. The molecular weight excluding hydrogens is 1010 g/mol. The smallest absolute Gasteiger partial charge is 0.322 e. The predicted octanol–water partition coefficient (Wildman–Crippen LogP) is 10.1. The number of aliphatic hydroxyl groups is 3. The number of para-hydroxylation sites is 1. The van der Waals surface area contributed by atoms with E-state index >= 15 is 9.59 Å². The molecule has 13 nitrogen and oxygen atoms in total. The van der Waals surface area contributed by atoms with E-state index in [0.717, 1.165) is 81.2 Å². The average molecular weight is 1090 g/mol. The number of carbonyl (C=O) groups excluding carboxylic acids is 2. The number of β-amino-alcohol motifs (C(OH)–C–C–N with tert-alkyl or cyclic N) is 1. The number of allylic oxidation sites excluding steroid dienone is 1. The number of hydrogen-bond donors (Lipinski definition) is 4. The number of H-pyrrole nitrogens is 1. The molecule has 0 bridgehead atoms. The molecule has 2 aromatic carbocycles.